The van der Waals surface area contributed by atoms with Crippen molar-refractivity contribution in [3.8, 4) is 22.5 Å². The molecule has 1 aromatic carbocycles. The van der Waals surface area contributed by atoms with Gasteiger partial charge in [-0.3, -0.25) is 9.38 Å². The fraction of sp³-hybridized carbons (Fsp3) is 0.105. The third-order valence-electron chi connectivity index (χ3n) is 4.05. The van der Waals surface area contributed by atoms with Crippen LogP contribution in [-0.2, 0) is 0 Å². The van der Waals surface area contributed by atoms with Gasteiger partial charge in [0.05, 0.1) is 11.4 Å². The van der Waals surface area contributed by atoms with Crippen LogP contribution in [0, 0.1) is 12.7 Å². The van der Waals surface area contributed by atoms with Crippen molar-refractivity contribution < 1.29 is 4.39 Å². The fourth-order valence-electron chi connectivity index (χ4n) is 2.66. The van der Waals surface area contributed by atoms with Crippen LogP contribution in [-0.4, -0.2) is 26.4 Å². The Labute approximate surface area is 144 Å². The van der Waals surface area contributed by atoms with E-state index in [0.717, 1.165) is 22.5 Å². The maximum absolute atomic E-state index is 14.2. The molecule has 0 amide bonds. The molecule has 0 fully saturated rings. The maximum Gasteiger partial charge on any atom is 0.234 e. The van der Waals surface area contributed by atoms with Crippen LogP contribution in [0.1, 0.15) is 5.56 Å². The normalized spacial score (nSPS) is 11.0. The number of rotatable bonds is 3. The highest BCUT2D eigenvalue weighted by atomic mass is 19.1. The standard InChI is InChI=1S/C19H16FN5/c1-12-3-6-17(22-8-12)13-9-23-19-24-18(11-25(19)10-13)15-7-14(21-2)4-5-16(15)20/h3-11,21H,1-2H3. The Morgan fingerprint density at radius 3 is 2.64 bits per heavy atom. The monoisotopic (exact) mass is 333 g/mol. The molecule has 0 aliphatic heterocycles. The number of pyridine rings is 1. The topological polar surface area (TPSA) is 55.1 Å². The number of imidazole rings is 1. The number of fused-ring (bicyclic) bond motifs is 1. The summed E-state index contributed by atoms with van der Waals surface area (Å²) in [5.41, 5.74) is 4.61. The van der Waals surface area contributed by atoms with Crippen molar-refractivity contribution in [1.82, 2.24) is 19.4 Å². The number of anilines is 1. The lowest BCUT2D eigenvalue weighted by molar-refractivity contribution is 0.631. The molecule has 0 bridgehead atoms. The minimum Gasteiger partial charge on any atom is -0.388 e. The highest BCUT2D eigenvalue weighted by Gasteiger charge is 2.12. The molecule has 6 heteroatoms. The molecule has 25 heavy (non-hydrogen) atoms. The van der Waals surface area contributed by atoms with E-state index in [1.807, 2.05) is 31.5 Å². The van der Waals surface area contributed by atoms with Crippen LogP contribution in [0.15, 0.2) is 55.1 Å². The summed E-state index contributed by atoms with van der Waals surface area (Å²) in [6, 6.07) is 8.81. The first-order chi connectivity index (χ1) is 12.1. The van der Waals surface area contributed by atoms with Crippen LogP contribution in [0.3, 0.4) is 0 Å². The number of nitrogens with one attached hydrogen (secondary N) is 1. The first kappa shape index (κ1) is 15.3. The van der Waals surface area contributed by atoms with Gasteiger partial charge in [-0.1, -0.05) is 6.07 Å². The van der Waals surface area contributed by atoms with Crippen LogP contribution in [0.2, 0.25) is 0 Å². The molecule has 124 valence electrons. The molecule has 0 aliphatic carbocycles. The van der Waals surface area contributed by atoms with Crippen molar-refractivity contribution in [2.45, 2.75) is 6.92 Å². The molecule has 0 aliphatic rings. The number of hydrogen-bond acceptors (Lipinski definition) is 4. The average Bonchev–Trinajstić information content (AvgIpc) is 3.05. The Kier molecular flexibility index (Phi) is 3.65. The molecule has 0 atom stereocenters. The van der Waals surface area contributed by atoms with Crippen LogP contribution in [0.25, 0.3) is 28.3 Å². The summed E-state index contributed by atoms with van der Waals surface area (Å²) in [7, 11) is 1.79. The summed E-state index contributed by atoms with van der Waals surface area (Å²) in [6.07, 6.45) is 7.22. The molecule has 4 rings (SSSR count). The van der Waals surface area contributed by atoms with Crippen LogP contribution in [0.5, 0.6) is 0 Å². The molecular formula is C19H16FN5. The van der Waals surface area contributed by atoms with Gasteiger partial charge in [-0.2, -0.15) is 0 Å². The molecule has 4 aromatic rings. The lowest BCUT2D eigenvalue weighted by atomic mass is 10.1. The van der Waals surface area contributed by atoms with Gasteiger partial charge in [0.15, 0.2) is 0 Å². The van der Waals surface area contributed by atoms with E-state index >= 15 is 0 Å². The van der Waals surface area contributed by atoms with Gasteiger partial charge < -0.3 is 5.32 Å². The van der Waals surface area contributed by atoms with Crippen molar-refractivity contribution in [2.24, 2.45) is 0 Å². The molecule has 0 saturated carbocycles. The van der Waals surface area contributed by atoms with Gasteiger partial charge >= 0.3 is 0 Å². The summed E-state index contributed by atoms with van der Waals surface area (Å²) in [5, 5.41) is 3.01. The Morgan fingerprint density at radius 1 is 1.00 bits per heavy atom. The quantitative estimate of drug-likeness (QED) is 0.617. The van der Waals surface area contributed by atoms with Gasteiger partial charge in [-0.25, -0.2) is 14.4 Å². The van der Waals surface area contributed by atoms with Crippen LogP contribution in [0.4, 0.5) is 10.1 Å². The van der Waals surface area contributed by atoms with E-state index in [2.05, 4.69) is 20.3 Å². The summed E-state index contributed by atoms with van der Waals surface area (Å²) in [5.74, 6) is 0.197. The zero-order chi connectivity index (χ0) is 17.4. The number of aryl methyl sites for hydroxylation is 1. The Bertz CT molecular complexity index is 1050. The Hall–Kier alpha value is -3.28. The van der Waals surface area contributed by atoms with Crippen molar-refractivity contribution in [3.05, 3.63) is 66.5 Å². The SMILES string of the molecule is CNc1ccc(F)c(-c2cn3cc(-c4ccc(C)cn4)cnc3n2)c1. The highest BCUT2D eigenvalue weighted by Crippen LogP contribution is 2.26. The van der Waals surface area contributed by atoms with Gasteiger partial charge in [0.2, 0.25) is 5.78 Å². The first-order valence-electron chi connectivity index (χ1n) is 7.89. The molecule has 0 saturated heterocycles. The van der Waals surface area contributed by atoms with Crippen molar-refractivity contribution in [1.29, 1.82) is 0 Å². The lowest BCUT2D eigenvalue weighted by Crippen LogP contribution is -1.91. The van der Waals surface area contributed by atoms with E-state index in [1.54, 1.807) is 36.0 Å². The van der Waals surface area contributed by atoms with Crippen LogP contribution >= 0.6 is 0 Å². The van der Waals surface area contributed by atoms with E-state index in [9.17, 15) is 4.39 Å². The predicted molar refractivity (Wildman–Crippen MR) is 95.9 cm³/mol. The minimum absolute atomic E-state index is 0.317. The Morgan fingerprint density at radius 2 is 1.88 bits per heavy atom. The van der Waals surface area contributed by atoms with Gasteiger partial charge in [0.1, 0.15) is 5.82 Å². The van der Waals surface area contributed by atoms with Crippen LogP contribution < -0.4 is 5.32 Å². The third-order valence-corrected chi connectivity index (χ3v) is 4.05. The average molecular weight is 333 g/mol. The molecule has 5 nitrogen and oxygen atoms in total. The molecule has 3 aromatic heterocycles. The largest absolute Gasteiger partial charge is 0.388 e. The molecule has 0 unspecified atom stereocenters. The Balaban J connectivity index is 1.79. The molecule has 0 spiro atoms. The van der Waals surface area contributed by atoms with E-state index in [0.29, 0.717) is 17.0 Å². The number of halogens is 1. The minimum atomic E-state index is -0.317. The second-order valence-electron chi connectivity index (χ2n) is 5.84. The molecule has 0 radical (unpaired) electrons. The predicted octanol–water partition coefficient (Wildman–Crippen LogP) is 3.95. The fourth-order valence-corrected chi connectivity index (χ4v) is 2.66. The smallest absolute Gasteiger partial charge is 0.234 e. The number of benzene rings is 1. The second kappa shape index (κ2) is 5.98. The molecular weight excluding hydrogens is 317 g/mol. The van der Waals surface area contributed by atoms with Crippen molar-refractivity contribution >= 4 is 11.5 Å². The van der Waals surface area contributed by atoms with Crippen molar-refractivity contribution in [3.63, 3.8) is 0 Å². The summed E-state index contributed by atoms with van der Waals surface area (Å²) in [6.45, 7) is 1.99. The number of nitrogens with zero attached hydrogens (tertiary/aromatic N) is 4. The summed E-state index contributed by atoms with van der Waals surface area (Å²) < 4.78 is 16.0. The van der Waals surface area contributed by atoms with E-state index in [1.165, 1.54) is 6.07 Å². The second-order valence-corrected chi connectivity index (χ2v) is 5.84. The van der Waals surface area contributed by atoms with E-state index < -0.39 is 0 Å². The van der Waals surface area contributed by atoms with Gasteiger partial charge in [-0.15, -0.1) is 0 Å². The van der Waals surface area contributed by atoms with Crippen molar-refractivity contribution in [2.75, 3.05) is 12.4 Å². The zero-order valence-corrected chi connectivity index (χ0v) is 13.9. The summed E-state index contributed by atoms with van der Waals surface area (Å²) >= 11 is 0. The highest BCUT2D eigenvalue weighted by molar-refractivity contribution is 5.68. The molecule has 1 N–H and O–H groups in total. The van der Waals surface area contributed by atoms with Gasteiger partial charge in [0, 0.05) is 48.6 Å². The maximum atomic E-state index is 14.2. The van der Waals surface area contributed by atoms with E-state index in [-0.39, 0.29) is 5.82 Å². The first-order valence-corrected chi connectivity index (χ1v) is 7.89. The van der Waals surface area contributed by atoms with Gasteiger partial charge in [0.25, 0.3) is 0 Å². The number of hydrogen-bond donors (Lipinski definition) is 1. The zero-order valence-electron chi connectivity index (χ0n) is 13.9. The van der Waals surface area contributed by atoms with E-state index in [4.69, 9.17) is 0 Å². The summed E-state index contributed by atoms with van der Waals surface area (Å²) in [4.78, 5) is 13.2. The van der Waals surface area contributed by atoms with Gasteiger partial charge in [-0.05, 0) is 36.8 Å². The lowest BCUT2D eigenvalue weighted by Gasteiger charge is -2.03. The number of aromatic nitrogens is 4. The molecule has 3 heterocycles. The third kappa shape index (κ3) is 2.82.